The van der Waals surface area contributed by atoms with Crippen molar-refractivity contribution < 1.29 is 9.59 Å². The fourth-order valence-electron chi connectivity index (χ4n) is 2.75. The van der Waals surface area contributed by atoms with E-state index in [4.69, 9.17) is 5.73 Å². The number of benzene rings is 1. The maximum atomic E-state index is 12.4. The van der Waals surface area contributed by atoms with Crippen LogP contribution in [0.25, 0.3) is 0 Å². The monoisotopic (exact) mass is 289 g/mol. The Morgan fingerprint density at radius 1 is 1.19 bits per heavy atom. The minimum absolute atomic E-state index is 0.127. The van der Waals surface area contributed by atoms with Crippen LogP contribution in [0.5, 0.6) is 0 Å². The Labute approximate surface area is 125 Å². The molecule has 0 aliphatic heterocycles. The lowest BCUT2D eigenvalue weighted by Gasteiger charge is -2.32. The van der Waals surface area contributed by atoms with Crippen molar-refractivity contribution >= 4 is 17.5 Å². The van der Waals surface area contributed by atoms with Crippen molar-refractivity contribution in [2.75, 3.05) is 12.4 Å². The Kier molecular flexibility index (Phi) is 4.63. The van der Waals surface area contributed by atoms with Gasteiger partial charge in [-0.05, 0) is 43.5 Å². The number of hydrogen-bond donors (Lipinski definition) is 3. The predicted molar refractivity (Wildman–Crippen MR) is 83.2 cm³/mol. The van der Waals surface area contributed by atoms with Crippen molar-refractivity contribution in [2.24, 2.45) is 5.73 Å². The number of carbonyl (C=O) groups excluding carboxylic acids is 2. The molecule has 1 aliphatic rings. The number of nitrogens with one attached hydrogen (secondary N) is 2. The molecule has 0 unspecified atom stereocenters. The zero-order valence-corrected chi connectivity index (χ0v) is 12.7. The van der Waals surface area contributed by atoms with E-state index in [2.05, 4.69) is 10.6 Å². The van der Waals surface area contributed by atoms with Gasteiger partial charge in [0.15, 0.2) is 0 Å². The van der Waals surface area contributed by atoms with Gasteiger partial charge in [0.2, 0.25) is 5.91 Å². The molecule has 1 aromatic rings. The Hall–Kier alpha value is -1.88. The van der Waals surface area contributed by atoms with Gasteiger partial charge in [-0.25, -0.2) is 0 Å². The molecule has 2 rings (SSSR count). The highest BCUT2D eigenvalue weighted by molar-refractivity contribution is 5.99. The van der Waals surface area contributed by atoms with E-state index in [-0.39, 0.29) is 11.8 Å². The van der Waals surface area contributed by atoms with Crippen molar-refractivity contribution in [1.82, 2.24) is 5.32 Å². The lowest BCUT2D eigenvalue weighted by Crippen LogP contribution is -2.52. The lowest BCUT2D eigenvalue weighted by molar-refractivity contribution is -0.122. The summed E-state index contributed by atoms with van der Waals surface area (Å²) >= 11 is 0. The van der Waals surface area contributed by atoms with Gasteiger partial charge in [-0.2, -0.15) is 0 Å². The predicted octanol–water partition coefficient (Wildman–Crippen LogP) is 1.95. The molecule has 0 saturated heterocycles. The van der Waals surface area contributed by atoms with Gasteiger partial charge in [0.25, 0.3) is 5.91 Å². The van der Waals surface area contributed by atoms with E-state index in [1.54, 1.807) is 25.2 Å². The van der Waals surface area contributed by atoms with Crippen LogP contribution in [0, 0.1) is 6.92 Å². The first-order valence-corrected chi connectivity index (χ1v) is 7.39. The summed E-state index contributed by atoms with van der Waals surface area (Å²) in [6, 6.07) is 5.22. The molecule has 0 bridgehead atoms. The van der Waals surface area contributed by atoms with Gasteiger partial charge < -0.3 is 16.4 Å². The summed E-state index contributed by atoms with van der Waals surface area (Å²) in [5.41, 5.74) is 7.60. The van der Waals surface area contributed by atoms with Gasteiger partial charge in [-0.15, -0.1) is 0 Å². The molecule has 0 aromatic heterocycles. The second-order valence-electron chi connectivity index (χ2n) is 5.78. The number of anilines is 1. The zero-order valence-electron chi connectivity index (χ0n) is 12.7. The first kappa shape index (κ1) is 15.5. The Morgan fingerprint density at radius 2 is 1.86 bits per heavy atom. The number of amides is 2. The first-order valence-electron chi connectivity index (χ1n) is 7.39. The van der Waals surface area contributed by atoms with E-state index in [9.17, 15) is 9.59 Å². The molecule has 0 radical (unpaired) electrons. The number of hydrogen-bond acceptors (Lipinski definition) is 3. The van der Waals surface area contributed by atoms with Gasteiger partial charge in [0, 0.05) is 18.3 Å². The van der Waals surface area contributed by atoms with Crippen LogP contribution in [-0.2, 0) is 4.79 Å². The highest BCUT2D eigenvalue weighted by Crippen LogP contribution is 2.28. The Morgan fingerprint density at radius 3 is 2.43 bits per heavy atom. The Balaban J connectivity index is 2.12. The average Bonchev–Trinajstić information content (AvgIpc) is 2.49. The molecule has 4 N–H and O–H groups in total. The van der Waals surface area contributed by atoms with E-state index in [1.807, 2.05) is 6.92 Å². The molecule has 21 heavy (non-hydrogen) atoms. The minimum Gasteiger partial charge on any atom is -0.355 e. The highest BCUT2D eigenvalue weighted by atomic mass is 16.2. The summed E-state index contributed by atoms with van der Waals surface area (Å²) in [7, 11) is 1.59. The van der Waals surface area contributed by atoms with Crippen LogP contribution in [0.15, 0.2) is 18.2 Å². The van der Waals surface area contributed by atoms with Crippen LogP contribution in [0.4, 0.5) is 5.69 Å². The molecule has 0 heterocycles. The summed E-state index contributed by atoms with van der Waals surface area (Å²) in [5, 5.41) is 5.49. The highest BCUT2D eigenvalue weighted by Gasteiger charge is 2.35. The molecule has 0 atom stereocenters. The topological polar surface area (TPSA) is 84.2 Å². The number of aryl methyl sites for hydroxylation is 1. The molecular formula is C16H23N3O2. The molecule has 2 amide bonds. The van der Waals surface area contributed by atoms with Crippen LogP contribution in [0.2, 0.25) is 0 Å². The molecule has 1 saturated carbocycles. The van der Waals surface area contributed by atoms with Crippen molar-refractivity contribution in [3.05, 3.63) is 29.3 Å². The molecule has 1 fully saturated rings. The average molecular weight is 289 g/mol. The largest absolute Gasteiger partial charge is 0.355 e. The van der Waals surface area contributed by atoms with Crippen molar-refractivity contribution in [3.8, 4) is 0 Å². The van der Waals surface area contributed by atoms with Crippen molar-refractivity contribution in [2.45, 2.75) is 44.6 Å². The number of nitrogens with two attached hydrogens (primary N) is 1. The van der Waals surface area contributed by atoms with Gasteiger partial charge in [-0.1, -0.05) is 19.3 Å². The van der Waals surface area contributed by atoms with Gasteiger partial charge >= 0.3 is 0 Å². The third-order valence-electron chi connectivity index (χ3n) is 4.16. The van der Waals surface area contributed by atoms with Crippen LogP contribution < -0.4 is 16.4 Å². The van der Waals surface area contributed by atoms with Crippen LogP contribution >= 0.6 is 0 Å². The fourth-order valence-corrected chi connectivity index (χ4v) is 2.75. The quantitative estimate of drug-likeness (QED) is 0.795. The third-order valence-corrected chi connectivity index (χ3v) is 4.16. The van der Waals surface area contributed by atoms with E-state index in [0.717, 1.165) is 37.7 Å². The summed E-state index contributed by atoms with van der Waals surface area (Å²) in [6.45, 7) is 1.87. The number of carbonyl (C=O) groups is 2. The molecule has 1 aliphatic carbocycles. The molecule has 0 spiro atoms. The molecule has 114 valence electrons. The SMILES string of the molecule is CNC(=O)c1ccc(NC(=O)C2(N)CCCCC2)c(C)c1. The summed E-state index contributed by atoms with van der Waals surface area (Å²) in [5.74, 6) is -0.267. The normalized spacial score (nSPS) is 17.1. The Bertz CT molecular complexity index is 548. The summed E-state index contributed by atoms with van der Waals surface area (Å²) in [6.07, 6.45) is 4.60. The summed E-state index contributed by atoms with van der Waals surface area (Å²) in [4.78, 5) is 24.0. The van der Waals surface area contributed by atoms with Crippen LogP contribution in [-0.4, -0.2) is 24.4 Å². The molecule has 5 nitrogen and oxygen atoms in total. The molecule has 5 heteroatoms. The van der Waals surface area contributed by atoms with Crippen LogP contribution in [0.3, 0.4) is 0 Å². The lowest BCUT2D eigenvalue weighted by atomic mass is 9.82. The molecule has 1 aromatic carbocycles. The zero-order chi connectivity index (χ0) is 15.5. The van der Waals surface area contributed by atoms with E-state index < -0.39 is 5.54 Å². The van der Waals surface area contributed by atoms with Crippen molar-refractivity contribution in [1.29, 1.82) is 0 Å². The summed E-state index contributed by atoms with van der Waals surface area (Å²) < 4.78 is 0. The smallest absolute Gasteiger partial charge is 0.251 e. The maximum absolute atomic E-state index is 12.4. The fraction of sp³-hybridized carbons (Fsp3) is 0.500. The second kappa shape index (κ2) is 6.26. The second-order valence-corrected chi connectivity index (χ2v) is 5.78. The van der Waals surface area contributed by atoms with E-state index >= 15 is 0 Å². The standard InChI is InChI=1S/C16H23N3O2/c1-11-10-12(14(20)18-2)6-7-13(11)19-15(21)16(17)8-4-3-5-9-16/h6-7,10H,3-5,8-9,17H2,1-2H3,(H,18,20)(H,19,21). The van der Waals surface area contributed by atoms with E-state index in [0.29, 0.717) is 11.3 Å². The van der Waals surface area contributed by atoms with Gasteiger partial charge in [0.1, 0.15) is 0 Å². The van der Waals surface area contributed by atoms with Gasteiger partial charge in [-0.3, -0.25) is 9.59 Å². The number of rotatable bonds is 3. The third kappa shape index (κ3) is 3.42. The first-order chi connectivity index (χ1) is 9.96. The van der Waals surface area contributed by atoms with E-state index in [1.165, 1.54) is 0 Å². The van der Waals surface area contributed by atoms with Crippen LogP contribution in [0.1, 0.15) is 48.0 Å². The molecular weight excluding hydrogens is 266 g/mol. The van der Waals surface area contributed by atoms with Gasteiger partial charge in [0.05, 0.1) is 5.54 Å². The maximum Gasteiger partial charge on any atom is 0.251 e. The van der Waals surface area contributed by atoms with Crippen molar-refractivity contribution in [3.63, 3.8) is 0 Å². The minimum atomic E-state index is -0.760.